The highest BCUT2D eigenvalue weighted by atomic mass is 79.9. The smallest absolute Gasteiger partial charge is 0.329 e. The number of urea groups is 1. The number of anilines is 1. The molecule has 3 rings (SSSR count). The van der Waals surface area contributed by atoms with Gasteiger partial charge in [0.25, 0.3) is 5.91 Å². The molecule has 146 valence electrons. The summed E-state index contributed by atoms with van der Waals surface area (Å²) in [7, 11) is 0. The Kier molecular flexibility index (Phi) is 7.36. The van der Waals surface area contributed by atoms with Crippen LogP contribution in [0.25, 0.3) is 6.08 Å². The van der Waals surface area contributed by atoms with Gasteiger partial charge in [0.15, 0.2) is 0 Å². The van der Waals surface area contributed by atoms with E-state index < -0.39 is 6.03 Å². The first-order valence-corrected chi connectivity index (χ1v) is 10.3. The quantitative estimate of drug-likeness (QED) is 0.404. The number of hydrogen-bond donors (Lipinski definition) is 1. The number of benzene rings is 3. The molecule has 0 fully saturated rings. The van der Waals surface area contributed by atoms with Crippen LogP contribution >= 0.6 is 15.9 Å². The van der Waals surface area contributed by atoms with Gasteiger partial charge < -0.3 is 5.32 Å². The summed E-state index contributed by atoms with van der Waals surface area (Å²) in [6.45, 7) is 0.336. The third-order valence-electron chi connectivity index (χ3n) is 4.27. The van der Waals surface area contributed by atoms with E-state index in [1.54, 1.807) is 30.3 Å². The number of rotatable bonds is 6. The third kappa shape index (κ3) is 5.65. The highest BCUT2D eigenvalue weighted by molar-refractivity contribution is 9.09. The molecule has 0 heterocycles. The molecule has 0 aliphatic rings. The maximum atomic E-state index is 13.3. The molecule has 29 heavy (non-hydrogen) atoms. The van der Waals surface area contributed by atoms with E-state index in [4.69, 9.17) is 0 Å². The molecule has 3 amide bonds. The highest BCUT2D eigenvalue weighted by Gasteiger charge is 2.25. The van der Waals surface area contributed by atoms with Gasteiger partial charge in [-0.2, -0.15) is 0 Å². The minimum atomic E-state index is -0.468. The van der Waals surface area contributed by atoms with E-state index in [9.17, 15) is 9.59 Å². The van der Waals surface area contributed by atoms with E-state index in [1.165, 1.54) is 4.90 Å². The van der Waals surface area contributed by atoms with Gasteiger partial charge in [-0.15, -0.1) is 0 Å². The zero-order chi connectivity index (χ0) is 20.5. The lowest BCUT2D eigenvalue weighted by molar-refractivity contribution is -0.114. The summed E-state index contributed by atoms with van der Waals surface area (Å²) in [4.78, 5) is 27.5. The molecule has 0 aliphatic carbocycles. The number of carbonyl (C=O) groups is 2. The Bertz CT molecular complexity index is 974. The number of alkyl halides is 1. The van der Waals surface area contributed by atoms with Crippen LogP contribution in [0, 0.1) is 0 Å². The van der Waals surface area contributed by atoms with Crippen LogP contribution in [-0.2, 0) is 11.3 Å². The minimum Gasteiger partial charge on any atom is -0.333 e. The first kappa shape index (κ1) is 20.6. The number of amides is 3. The summed E-state index contributed by atoms with van der Waals surface area (Å²) in [6.07, 6.45) is 1.79. The van der Waals surface area contributed by atoms with Crippen LogP contribution in [0.5, 0.6) is 0 Å². The molecule has 0 unspecified atom stereocenters. The van der Waals surface area contributed by atoms with Crippen LogP contribution in [0.2, 0.25) is 0 Å². The summed E-state index contributed by atoms with van der Waals surface area (Å²) in [5.74, 6) is -0.373. The monoisotopic (exact) mass is 448 g/mol. The van der Waals surface area contributed by atoms with Gasteiger partial charge in [0.1, 0.15) is 0 Å². The minimum absolute atomic E-state index is 0.329. The first-order valence-electron chi connectivity index (χ1n) is 9.22. The van der Waals surface area contributed by atoms with Crippen molar-refractivity contribution in [2.45, 2.75) is 6.54 Å². The number of nitrogens with one attached hydrogen (secondary N) is 1. The van der Waals surface area contributed by atoms with Gasteiger partial charge in [-0.25, -0.2) is 9.69 Å². The molecular formula is C24H21BrN2O2. The van der Waals surface area contributed by atoms with Crippen molar-refractivity contribution in [3.05, 3.63) is 108 Å². The Hall–Kier alpha value is -3.18. The number of hydrogen-bond acceptors (Lipinski definition) is 2. The lowest BCUT2D eigenvalue weighted by atomic mass is 10.1. The fourth-order valence-corrected chi connectivity index (χ4v) is 3.21. The molecule has 0 aromatic heterocycles. The van der Waals surface area contributed by atoms with E-state index in [0.717, 1.165) is 11.1 Å². The van der Waals surface area contributed by atoms with Crippen molar-refractivity contribution in [3.63, 3.8) is 0 Å². The number of imide groups is 1. The molecule has 0 atom stereocenters. The van der Waals surface area contributed by atoms with Crippen molar-refractivity contribution in [2.24, 2.45) is 0 Å². The van der Waals surface area contributed by atoms with Crippen LogP contribution in [0.1, 0.15) is 11.1 Å². The van der Waals surface area contributed by atoms with Gasteiger partial charge in [-0.3, -0.25) is 4.79 Å². The zero-order valence-corrected chi connectivity index (χ0v) is 17.4. The van der Waals surface area contributed by atoms with Gasteiger partial charge in [0.05, 0.1) is 5.69 Å². The number of halogens is 1. The topological polar surface area (TPSA) is 49.4 Å². The molecule has 3 aromatic rings. The second kappa shape index (κ2) is 10.4. The lowest BCUT2D eigenvalue weighted by Crippen LogP contribution is -2.44. The maximum Gasteiger partial charge on any atom is 0.329 e. The summed E-state index contributed by atoms with van der Waals surface area (Å²) < 4.78 is 0. The average molecular weight is 449 g/mol. The fraction of sp³-hybridized carbons (Fsp3) is 0.0833. The van der Waals surface area contributed by atoms with Crippen molar-refractivity contribution in [3.8, 4) is 0 Å². The molecule has 0 saturated carbocycles. The van der Waals surface area contributed by atoms with E-state index >= 15 is 0 Å². The van der Waals surface area contributed by atoms with E-state index in [1.807, 2.05) is 66.7 Å². The van der Waals surface area contributed by atoms with Crippen molar-refractivity contribution in [1.29, 1.82) is 0 Å². The SMILES string of the molecule is O=C(NCc1ccccc1)N(C(=O)/C(=C\c1ccccc1)CBr)c1ccccc1. The lowest BCUT2D eigenvalue weighted by Gasteiger charge is -2.22. The van der Waals surface area contributed by atoms with Gasteiger partial charge in [0.2, 0.25) is 0 Å². The average Bonchev–Trinajstić information content (AvgIpc) is 2.78. The Morgan fingerprint density at radius 3 is 1.97 bits per heavy atom. The number of carbonyl (C=O) groups excluding carboxylic acids is 2. The van der Waals surface area contributed by atoms with Gasteiger partial charge in [-0.05, 0) is 29.3 Å². The molecule has 0 spiro atoms. The molecule has 0 aliphatic heterocycles. The maximum absolute atomic E-state index is 13.3. The molecule has 0 saturated heterocycles. The van der Waals surface area contributed by atoms with Crippen molar-refractivity contribution in [1.82, 2.24) is 5.32 Å². The van der Waals surface area contributed by atoms with Gasteiger partial charge in [0, 0.05) is 17.4 Å². The predicted molar refractivity (Wildman–Crippen MR) is 121 cm³/mol. The van der Waals surface area contributed by atoms with Crippen molar-refractivity contribution in [2.75, 3.05) is 10.2 Å². The van der Waals surface area contributed by atoms with Gasteiger partial charge >= 0.3 is 6.03 Å². The van der Waals surface area contributed by atoms with Gasteiger partial charge in [-0.1, -0.05) is 94.8 Å². The normalized spacial score (nSPS) is 11.0. The van der Waals surface area contributed by atoms with Crippen LogP contribution in [0.15, 0.2) is 96.6 Å². The second-order valence-electron chi connectivity index (χ2n) is 6.33. The number of nitrogens with zero attached hydrogens (tertiary/aromatic N) is 1. The molecular weight excluding hydrogens is 428 g/mol. The Balaban J connectivity index is 1.87. The molecule has 5 heteroatoms. The fourth-order valence-electron chi connectivity index (χ4n) is 2.81. The molecule has 4 nitrogen and oxygen atoms in total. The summed E-state index contributed by atoms with van der Waals surface area (Å²) in [5, 5.41) is 3.17. The van der Waals surface area contributed by atoms with Crippen LogP contribution < -0.4 is 10.2 Å². The van der Waals surface area contributed by atoms with E-state index in [2.05, 4.69) is 21.2 Å². The summed E-state index contributed by atoms with van der Waals surface area (Å²) >= 11 is 3.39. The Morgan fingerprint density at radius 1 is 0.828 bits per heavy atom. The Labute approximate surface area is 179 Å². The van der Waals surface area contributed by atoms with Crippen molar-refractivity contribution < 1.29 is 9.59 Å². The molecule has 1 N–H and O–H groups in total. The summed E-state index contributed by atoms with van der Waals surface area (Å²) in [5.41, 5.74) is 2.85. The van der Waals surface area contributed by atoms with E-state index in [-0.39, 0.29) is 5.91 Å². The standard InChI is InChI=1S/C24H21BrN2O2/c25-17-21(16-19-10-4-1-5-11-19)23(28)27(22-14-8-3-9-15-22)24(29)26-18-20-12-6-2-7-13-20/h1-16H,17-18H2,(H,26,29)/b21-16-. The van der Waals surface area contributed by atoms with Crippen LogP contribution in [0.4, 0.5) is 10.5 Å². The third-order valence-corrected chi connectivity index (χ3v) is 4.87. The molecule has 0 radical (unpaired) electrons. The molecule has 0 bridgehead atoms. The largest absolute Gasteiger partial charge is 0.333 e. The predicted octanol–water partition coefficient (Wildman–Crippen LogP) is 5.41. The zero-order valence-electron chi connectivity index (χ0n) is 15.8. The van der Waals surface area contributed by atoms with Crippen LogP contribution in [-0.4, -0.2) is 17.3 Å². The van der Waals surface area contributed by atoms with Crippen LogP contribution in [0.3, 0.4) is 0 Å². The molecule has 3 aromatic carbocycles. The summed E-state index contributed by atoms with van der Waals surface area (Å²) in [6, 6.07) is 27.6. The number of para-hydroxylation sites is 1. The highest BCUT2D eigenvalue weighted by Crippen LogP contribution is 2.19. The first-order chi connectivity index (χ1) is 14.2. The van der Waals surface area contributed by atoms with E-state index in [0.29, 0.717) is 23.1 Å². The Morgan fingerprint density at radius 2 is 1.38 bits per heavy atom. The van der Waals surface area contributed by atoms with Crippen molar-refractivity contribution >= 4 is 39.6 Å². The second-order valence-corrected chi connectivity index (χ2v) is 6.90.